The molecule has 0 saturated heterocycles. The molecule has 10 heteroatoms. The lowest BCUT2D eigenvalue weighted by Gasteiger charge is -2.04. The first kappa shape index (κ1) is 12.4. The predicted molar refractivity (Wildman–Crippen MR) is 65.8 cm³/mol. The maximum absolute atomic E-state index is 11.4. The lowest BCUT2D eigenvalue weighted by Crippen LogP contribution is -2.01. The van der Waals surface area contributed by atoms with Gasteiger partial charge in [0.2, 0.25) is 0 Å². The highest BCUT2D eigenvalue weighted by molar-refractivity contribution is 7.86. The van der Waals surface area contributed by atoms with E-state index in [4.69, 9.17) is 4.52 Å². The molecule has 1 aromatic heterocycles. The Balaban J connectivity index is 2.67. The molecule has 0 spiro atoms. The van der Waals surface area contributed by atoms with E-state index < -0.39 is 25.6 Å². The number of rotatable bonds is 2. The van der Waals surface area contributed by atoms with Crippen LogP contribution in [0.25, 0.3) is 21.9 Å². The topological polar surface area (TPSA) is 136 Å². The molecule has 2 aromatic carbocycles. The summed E-state index contributed by atoms with van der Waals surface area (Å²) in [5.41, 5.74) is -0.276. The minimum Gasteiger partial charge on any atom is -0.337 e. The van der Waals surface area contributed by atoms with Crippen LogP contribution in [0.4, 0.5) is 5.69 Å². The first-order chi connectivity index (χ1) is 9.39. The Morgan fingerprint density at radius 1 is 1.35 bits per heavy atom. The van der Waals surface area contributed by atoms with Crippen molar-refractivity contribution in [3.63, 3.8) is 0 Å². The Morgan fingerprint density at radius 2 is 2.10 bits per heavy atom. The van der Waals surface area contributed by atoms with Gasteiger partial charge in [-0.1, -0.05) is 12.1 Å². The number of benzene rings is 2. The Hall–Kier alpha value is -2.59. The van der Waals surface area contributed by atoms with E-state index in [0.29, 0.717) is 0 Å². The minimum absolute atomic E-state index is 0.00521. The molecule has 102 valence electrons. The molecule has 0 bridgehead atoms. The van der Waals surface area contributed by atoms with Gasteiger partial charge in [-0.05, 0) is 0 Å². The average Bonchev–Trinajstić information content (AvgIpc) is 2.84. The van der Waals surface area contributed by atoms with Gasteiger partial charge in [0.1, 0.15) is 10.4 Å². The average molecular weight is 295 g/mol. The van der Waals surface area contributed by atoms with Gasteiger partial charge in [0.05, 0.1) is 10.3 Å². The summed E-state index contributed by atoms with van der Waals surface area (Å²) < 4.78 is 36.9. The molecule has 0 unspecified atom stereocenters. The van der Waals surface area contributed by atoms with Crippen molar-refractivity contribution in [3.8, 4) is 0 Å². The van der Waals surface area contributed by atoms with Crippen molar-refractivity contribution < 1.29 is 22.4 Å². The van der Waals surface area contributed by atoms with Crippen LogP contribution >= 0.6 is 0 Å². The van der Waals surface area contributed by atoms with Crippen molar-refractivity contribution in [3.05, 3.63) is 34.4 Å². The van der Waals surface area contributed by atoms with Crippen LogP contribution in [0.1, 0.15) is 0 Å². The number of hydrogen-bond acceptors (Lipinski definition) is 7. The van der Waals surface area contributed by atoms with Crippen molar-refractivity contribution in [1.29, 1.82) is 0 Å². The maximum Gasteiger partial charge on any atom is 0.295 e. The van der Waals surface area contributed by atoms with E-state index in [2.05, 4.69) is 10.4 Å². The molecule has 1 heterocycles. The van der Waals surface area contributed by atoms with Crippen molar-refractivity contribution in [2.75, 3.05) is 0 Å². The summed E-state index contributed by atoms with van der Waals surface area (Å²) in [7, 11) is -4.67. The normalized spacial score (nSPS) is 12.1. The number of nitrogens with zero attached hydrogens (tertiary/aromatic N) is 3. The third kappa shape index (κ3) is 1.70. The number of fused-ring (bicyclic) bond motifs is 3. The van der Waals surface area contributed by atoms with Crippen LogP contribution in [0.15, 0.2) is 33.7 Å². The zero-order chi connectivity index (χ0) is 14.5. The number of hydrogen-bond donors (Lipinski definition) is 1. The minimum atomic E-state index is -4.67. The summed E-state index contributed by atoms with van der Waals surface area (Å²) in [5, 5.41) is 17.9. The quantitative estimate of drug-likeness (QED) is 0.427. The van der Waals surface area contributed by atoms with E-state index in [1.165, 1.54) is 12.1 Å². The molecule has 3 aromatic rings. The first-order valence-corrected chi connectivity index (χ1v) is 6.63. The molecule has 0 atom stereocenters. The van der Waals surface area contributed by atoms with E-state index >= 15 is 0 Å². The molecule has 0 aliphatic carbocycles. The highest BCUT2D eigenvalue weighted by atomic mass is 32.2. The van der Waals surface area contributed by atoms with Crippen LogP contribution < -0.4 is 0 Å². The monoisotopic (exact) mass is 295 g/mol. The highest BCUT2D eigenvalue weighted by Crippen LogP contribution is 2.35. The van der Waals surface area contributed by atoms with Crippen molar-refractivity contribution in [1.82, 2.24) is 10.4 Å². The van der Waals surface area contributed by atoms with E-state index in [1.54, 1.807) is 0 Å². The molecule has 1 N–H and O–H groups in total. The second-order valence-electron chi connectivity index (χ2n) is 3.93. The van der Waals surface area contributed by atoms with Crippen LogP contribution in [0, 0.1) is 10.1 Å². The van der Waals surface area contributed by atoms with E-state index in [9.17, 15) is 23.1 Å². The molecule has 20 heavy (non-hydrogen) atoms. The van der Waals surface area contributed by atoms with E-state index in [0.717, 1.165) is 12.1 Å². The summed E-state index contributed by atoms with van der Waals surface area (Å²) in [6.45, 7) is 0. The summed E-state index contributed by atoms with van der Waals surface area (Å²) in [5.74, 6) is 0. The predicted octanol–water partition coefficient (Wildman–Crippen LogP) is 1.53. The largest absolute Gasteiger partial charge is 0.337 e. The molecule has 0 amide bonds. The highest BCUT2D eigenvalue weighted by Gasteiger charge is 2.25. The van der Waals surface area contributed by atoms with E-state index in [1.807, 2.05) is 0 Å². The standard InChI is InChI=1S/C10H5N3O6S/c14-13(15)6-3-1-2-5-9(6)8(20(16,17)18)4-7-10(5)11-12-19-7/h1-4H,(H,16,17,18). The van der Waals surface area contributed by atoms with Crippen molar-refractivity contribution in [2.45, 2.75) is 4.90 Å². The summed E-state index contributed by atoms with van der Waals surface area (Å²) >= 11 is 0. The van der Waals surface area contributed by atoms with Crippen molar-refractivity contribution in [2.24, 2.45) is 0 Å². The molecule has 0 fully saturated rings. The number of non-ortho nitro benzene ring substituents is 1. The Labute approximate surface area is 110 Å². The molecule has 0 aliphatic heterocycles. The molecule has 3 rings (SSSR count). The van der Waals surface area contributed by atoms with Crippen molar-refractivity contribution >= 4 is 37.7 Å². The van der Waals surface area contributed by atoms with Gasteiger partial charge >= 0.3 is 0 Å². The third-order valence-electron chi connectivity index (χ3n) is 2.79. The van der Waals surface area contributed by atoms with Gasteiger partial charge in [-0.3, -0.25) is 14.7 Å². The molecule has 0 saturated carbocycles. The van der Waals surface area contributed by atoms with Crippen LogP contribution in [-0.2, 0) is 10.1 Å². The second-order valence-corrected chi connectivity index (χ2v) is 5.32. The number of nitro benzene ring substituents is 1. The zero-order valence-corrected chi connectivity index (χ0v) is 10.4. The fraction of sp³-hybridized carbons (Fsp3) is 0. The fourth-order valence-corrected chi connectivity index (χ4v) is 2.75. The lowest BCUT2D eigenvalue weighted by atomic mass is 10.1. The number of aromatic nitrogens is 2. The van der Waals surface area contributed by atoms with Gasteiger partial charge in [-0.2, -0.15) is 8.42 Å². The number of nitro groups is 1. The van der Waals surface area contributed by atoms with Crippen LogP contribution in [0.5, 0.6) is 0 Å². The van der Waals surface area contributed by atoms with Gasteiger partial charge in [0.15, 0.2) is 5.58 Å². The summed E-state index contributed by atoms with van der Waals surface area (Å²) in [6, 6.07) is 4.91. The van der Waals surface area contributed by atoms with Crippen LogP contribution in [0.3, 0.4) is 0 Å². The van der Waals surface area contributed by atoms with Gasteiger partial charge in [-0.25, -0.2) is 0 Å². The fourth-order valence-electron chi connectivity index (χ4n) is 2.02. The van der Waals surface area contributed by atoms with Gasteiger partial charge < -0.3 is 4.52 Å². The van der Waals surface area contributed by atoms with E-state index in [-0.39, 0.29) is 21.9 Å². The molecule has 0 aliphatic rings. The third-order valence-corrected chi connectivity index (χ3v) is 3.67. The van der Waals surface area contributed by atoms with Crippen LogP contribution in [-0.4, -0.2) is 28.3 Å². The van der Waals surface area contributed by atoms with Gasteiger partial charge in [-0.15, -0.1) is 5.10 Å². The van der Waals surface area contributed by atoms with Gasteiger partial charge in [0.25, 0.3) is 15.8 Å². The summed E-state index contributed by atoms with van der Waals surface area (Å²) in [6.07, 6.45) is 0. The first-order valence-electron chi connectivity index (χ1n) is 5.19. The molecular weight excluding hydrogens is 290 g/mol. The lowest BCUT2D eigenvalue weighted by molar-refractivity contribution is -0.383. The SMILES string of the molecule is O=[N+]([O-])c1cccc2c1c(S(=O)(=O)O)cc1onnc12. The maximum atomic E-state index is 11.4. The van der Waals surface area contributed by atoms with Crippen LogP contribution in [0.2, 0.25) is 0 Å². The summed E-state index contributed by atoms with van der Waals surface area (Å²) in [4.78, 5) is 9.68. The Bertz CT molecular complexity index is 962. The Morgan fingerprint density at radius 3 is 2.75 bits per heavy atom. The molecule has 9 nitrogen and oxygen atoms in total. The molecule has 0 radical (unpaired) electrons. The smallest absolute Gasteiger partial charge is 0.295 e. The Kier molecular flexibility index (Phi) is 2.46. The molecular formula is C10H5N3O6S. The second kappa shape index (κ2) is 3.95. The van der Waals surface area contributed by atoms with Gasteiger partial charge in [0, 0.05) is 22.8 Å². The zero-order valence-electron chi connectivity index (χ0n) is 9.55.